The largest absolute Gasteiger partial charge is 0.750 e. The van der Waals surface area contributed by atoms with Gasteiger partial charge in [-0.15, -0.1) is 0 Å². The minimum absolute atomic E-state index is 0.00265. The molecule has 206 valence electrons. The summed E-state index contributed by atoms with van der Waals surface area (Å²) >= 11 is -2.69. The Morgan fingerprint density at radius 2 is 1.32 bits per heavy atom. The summed E-state index contributed by atoms with van der Waals surface area (Å²) in [7, 11) is -4.57. The van der Waals surface area contributed by atoms with Gasteiger partial charge < -0.3 is 9.11 Å². The second-order valence-electron chi connectivity index (χ2n) is 12.5. The molecule has 0 saturated heterocycles. The van der Waals surface area contributed by atoms with Crippen LogP contribution in [0.1, 0.15) is 64.5 Å². The summed E-state index contributed by atoms with van der Waals surface area (Å²) in [5, 5.41) is 0. The summed E-state index contributed by atoms with van der Waals surface area (Å²) < 4.78 is 61.9. The Balaban J connectivity index is 1.41. The Hall–Kier alpha value is -1.98. The molecule has 0 aliphatic heterocycles. The molecule has 4 aliphatic carbocycles. The maximum absolute atomic E-state index is 13.5. The first kappa shape index (κ1) is 27.6. The summed E-state index contributed by atoms with van der Waals surface area (Å²) in [5.41, 5.74) is -0.250. The number of carbonyl (C=O) groups excluding carboxylic acids is 2. The normalized spacial score (nSPS) is 36.1. The molecule has 0 heterocycles. The molecule has 4 saturated carbocycles. The molecule has 0 aromatic heterocycles. The molecule has 0 radical (unpaired) electrons. The number of ketones is 2. The number of allylic oxidation sites excluding steroid dienone is 2. The van der Waals surface area contributed by atoms with Crippen LogP contribution in [0.3, 0.4) is 0 Å². The van der Waals surface area contributed by atoms with Crippen molar-refractivity contribution >= 4 is 45.2 Å². The van der Waals surface area contributed by atoms with E-state index >= 15 is 0 Å². The monoisotopic (exact) mass is 560 g/mol. The van der Waals surface area contributed by atoms with Gasteiger partial charge in [-0.05, 0) is 71.6 Å². The summed E-state index contributed by atoms with van der Waals surface area (Å²) in [6.45, 7) is 7.59. The highest BCUT2D eigenvalue weighted by Gasteiger charge is 2.68. The second-order valence-corrected chi connectivity index (χ2v) is 14.5. The van der Waals surface area contributed by atoms with Gasteiger partial charge in [-0.1, -0.05) is 52.0 Å². The summed E-state index contributed by atoms with van der Waals surface area (Å²) in [6, 6.07) is 7.43. The van der Waals surface area contributed by atoms with Crippen LogP contribution in [-0.2, 0) is 35.3 Å². The highest BCUT2D eigenvalue weighted by Crippen LogP contribution is 2.67. The van der Waals surface area contributed by atoms with Gasteiger partial charge in [0.1, 0.15) is 0 Å². The lowest BCUT2D eigenvalue weighted by Crippen LogP contribution is -2.42. The number of benzene rings is 1. The van der Waals surface area contributed by atoms with Crippen molar-refractivity contribution in [2.75, 3.05) is 12.4 Å². The van der Waals surface area contributed by atoms with Crippen LogP contribution in [0.15, 0.2) is 35.4 Å². The Labute approximate surface area is 226 Å². The molecule has 4 aliphatic rings. The Bertz CT molecular complexity index is 1400. The van der Waals surface area contributed by atoms with Crippen molar-refractivity contribution < 1.29 is 35.5 Å². The molecule has 4 fully saturated rings. The highest BCUT2D eigenvalue weighted by molar-refractivity contribution is 7.85. The van der Waals surface area contributed by atoms with Crippen molar-refractivity contribution in [1.29, 1.82) is 0 Å². The zero-order chi connectivity index (χ0) is 27.9. The molecule has 1 aromatic rings. The van der Waals surface area contributed by atoms with E-state index in [2.05, 4.69) is 0 Å². The predicted molar refractivity (Wildman–Crippen MR) is 140 cm³/mol. The summed E-state index contributed by atoms with van der Waals surface area (Å²) in [6.07, 6.45) is 6.09. The third kappa shape index (κ3) is 3.86. The third-order valence-electron chi connectivity index (χ3n) is 10.5. The average Bonchev–Trinajstić information content (AvgIpc) is 3.32. The molecular weight excluding hydrogens is 528 g/mol. The van der Waals surface area contributed by atoms with E-state index in [9.17, 15) is 31.3 Å². The number of carbonyl (C=O) groups is 2. The number of hydrogen-bond donors (Lipinski definition) is 0. The van der Waals surface area contributed by atoms with Crippen molar-refractivity contribution in [2.45, 2.75) is 53.4 Å². The molecule has 5 rings (SSSR count). The van der Waals surface area contributed by atoms with Gasteiger partial charge >= 0.3 is 0 Å². The third-order valence-corrected chi connectivity index (χ3v) is 11.6. The Morgan fingerprint density at radius 3 is 1.76 bits per heavy atom. The lowest BCUT2D eigenvalue weighted by Gasteiger charge is -2.36. The molecule has 4 bridgehead atoms. The van der Waals surface area contributed by atoms with Gasteiger partial charge in [0, 0.05) is 11.1 Å². The molecule has 10 heteroatoms. The first-order valence-corrected chi connectivity index (χ1v) is 15.4. The van der Waals surface area contributed by atoms with Crippen molar-refractivity contribution in [1.82, 2.24) is 0 Å². The topological polar surface area (TPSA) is 141 Å². The van der Waals surface area contributed by atoms with Gasteiger partial charge in [-0.3, -0.25) is 13.8 Å². The molecule has 0 N–H and O–H groups in total. The van der Waals surface area contributed by atoms with E-state index in [-0.39, 0.29) is 30.0 Å². The first-order valence-electron chi connectivity index (χ1n) is 12.8. The van der Waals surface area contributed by atoms with Crippen LogP contribution in [0.4, 0.5) is 0 Å². The number of Topliss-reactive ketones (excluding diaryl/α,β-unsaturated/α-hetero) is 2. The van der Waals surface area contributed by atoms with Crippen LogP contribution in [0.25, 0.3) is 12.2 Å². The van der Waals surface area contributed by atoms with E-state index in [0.29, 0.717) is 30.4 Å². The van der Waals surface area contributed by atoms with Crippen molar-refractivity contribution in [3.8, 4) is 0 Å². The maximum Gasteiger partial charge on any atom is 0.168 e. The Kier molecular flexibility index (Phi) is 6.36. The van der Waals surface area contributed by atoms with Crippen LogP contribution >= 0.6 is 0 Å². The zero-order valence-corrected chi connectivity index (χ0v) is 23.6. The van der Waals surface area contributed by atoms with E-state index in [1.807, 2.05) is 58.0 Å². The van der Waals surface area contributed by atoms with Crippen LogP contribution in [0.2, 0.25) is 0 Å². The second kappa shape index (κ2) is 8.76. The highest BCUT2D eigenvalue weighted by atomic mass is 32.2. The van der Waals surface area contributed by atoms with Crippen molar-refractivity contribution in [3.05, 3.63) is 46.5 Å². The average molecular weight is 561 g/mol. The Morgan fingerprint density at radius 1 is 0.895 bits per heavy atom. The van der Waals surface area contributed by atoms with Gasteiger partial charge in [0.15, 0.2) is 11.6 Å². The minimum atomic E-state index is -4.57. The van der Waals surface area contributed by atoms with Gasteiger partial charge in [0.2, 0.25) is 0 Å². The fourth-order valence-electron chi connectivity index (χ4n) is 8.06. The van der Waals surface area contributed by atoms with Gasteiger partial charge in [-0.2, -0.15) is 0 Å². The fraction of sp³-hybridized carbons (Fsp3) is 0.571. The molecule has 5 unspecified atom stereocenters. The van der Waals surface area contributed by atoms with Crippen LogP contribution in [0.5, 0.6) is 0 Å². The number of fused-ring (bicyclic) bond motifs is 4. The van der Waals surface area contributed by atoms with E-state index in [4.69, 9.17) is 4.18 Å². The zero-order valence-electron chi connectivity index (χ0n) is 21.9. The van der Waals surface area contributed by atoms with Crippen LogP contribution in [-0.4, -0.2) is 45.7 Å². The number of rotatable bonds is 7. The quantitative estimate of drug-likeness (QED) is 0.278. The SMILES string of the molecule is CC1(C)C2CCC1(COS(=O)[O-])C(=O)/C2=C\c1ccc(/C=C2\C(=O)C3(CS(=O)(=O)[O-])CCC2C3(C)C)cc1. The smallest absolute Gasteiger partial charge is 0.168 e. The molecule has 0 amide bonds. The minimum Gasteiger partial charge on any atom is -0.750 e. The molecule has 0 spiro atoms. The van der Waals surface area contributed by atoms with Crippen molar-refractivity contribution in [3.63, 3.8) is 0 Å². The maximum atomic E-state index is 13.5. The standard InChI is InChI=1S/C28H34O8S2/c1-25(2)21-9-11-27(25,15-36-37(31)32)23(29)19(21)13-17-5-7-18(8-6-17)14-20-22-10-12-28(24(20)30,26(22,3)4)16-38(33,34)35/h5-8,13-14,21-22H,9-12,15-16H2,1-4H3,(H,31,32)(H,33,34,35)/p-2/b19-13-,20-14-. The predicted octanol–water partition coefficient (Wildman–Crippen LogP) is 3.82. The van der Waals surface area contributed by atoms with Gasteiger partial charge in [-0.25, -0.2) is 12.6 Å². The lowest BCUT2D eigenvalue weighted by atomic mass is 9.69. The van der Waals surface area contributed by atoms with E-state index in [1.54, 1.807) is 6.08 Å². The number of hydrogen-bond acceptors (Lipinski definition) is 8. The van der Waals surface area contributed by atoms with E-state index < -0.39 is 48.9 Å². The molecule has 5 atom stereocenters. The molecule has 8 nitrogen and oxygen atoms in total. The molecule has 1 aromatic carbocycles. The lowest BCUT2D eigenvalue weighted by molar-refractivity contribution is -0.128. The van der Waals surface area contributed by atoms with E-state index in [0.717, 1.165) is 17.5 Å². The van der Waals surface area contributed by atoms with Crippen molar-refractivity contribution in [2.24, 2.45) is 33.5 Å². The van der Waals surface area contributed by atoms with Crippen LogP contribution in [0, 0.1) is 33.5 Å². The summed E-state index contributed by atoms with van der Waals surface area (Å²) in [4.78, 5) is 26.9. The van der Waals surface area contributed by atoms with E-state index in [1.165, 1.54) is 0 Å². The van der Waals surface area contributed by atoms with Gasteiger partial charge in [0.05, 0.1) is 44.7 Å². The van der Waals surface area contributed by atoms with Gasteiger partial charge in [0.25, 0.3) is 0 Å². The fourth-order valence-corrected chi connectivity index (χ4v) is 9.61. The van der Waals surface area contributed by atoms with Crippen LogP contribution < -0.4 is 0 Å². The molecular formula is C28H32O8S2-2. The summed E-state index contributed by atoms with van der Waals surface area (Å²) in [5.74, 6) is -1.10. The molecule has 38 heavy (non-hydrogen) atoms. The first-order chi connectivity index (χ1) is 17.6.